The van der Waals surface area contributed by atoms with Gasteiger partial charge in [-0.05, 0) is 43.7 Å². The molecule has 1 fully saturated rings. The number of hydrogen-bond acceptors (Lipinski definition) is 5. The number of carbonyl (C=O) groups excluding carboxylic acids is 1. The first kappa shape index (κ1) is 16.9. The summed E-state index contributed by atoms with van der Waals surface area (Å²) in [6.45, 7) is 3.65. The number of rotatable bonds is 5. The topological polar surface area (TPSA) is 71.0 Å². The van der Waals surface area contributed by atoms with Gasteiger partial charge in [0.15, 0.2) is 0 Å². The van der Waals surface area contributed by atoms with Crippen molar-refractivity contribution in [2.24, 2.45) is 5.92 Å². The van der Waals surface area contributed by atoms with Crippen molar-refractivity contribution in [2.45, 2.75) is 45.1 Å². The minimum atomic E-state index is 0.152. The van der Waals surface area contributed by atoms with E-state index in [0.717, 1.165) is 35.8 Å². The van der Waals surface area contributed by atoms with Crippen molar-refractivity contribution < 1.29 is 4.79 Å². The number of fused-ring (bicyclic) bond motifs is 1. The van der Waals surface area contributed by atoms with Crippen LogP contribution in [0.4, 0.5) is 5.82 Å². The Labute approximate surface area is 154 Å². The predicted molar refractivity (Wildman–Crippen MR) is 99.8 cm³/mol. The third-order valence-corrected chi connectivity index (χ3v) is 5.41. The van der Waals surface area contributed by atoms with Crippen molar-refractivity contribution in [3.8, 4) is 0 Å². The number of amides is 1. The van der Waals surface area contributed by atoms with E-state index in [2.05, 4.69) is 27.2 Å². The van der Waals surface area contributed by atoms with E-state index in [-0.39, 0.29) is 5.91 Å². The molecule has 6 nitrogen and oxygen atoms in total. The lowest BCUT2D eigenvalue weighted by Gasteiger charge is -2.20. The van der Waals surface area contributed by atoms with E-state index in [1.54, 1.807) is 18.7 Å². The zero-order chi connectivity index (χ0) is 17.9. The highest BCUT2D eigenvalue weighted by atomic mass is 16.2. The lowest BCUT2D eigenvalue weighted by atomic mass is 10.1. The number of aromatic nitrogens is 3. The molecule has 26 heavy (non-hydrogen) atoms. The first-order chi connectivity index (χ1) is 12.7. The minimum absolute atomic E-state index is 0.152. The average molecular weight is 351 g/mol. The molecule has 1 N–H and O–H groups in total. The van der Waals surface area contributed by atoms with Gasteiger partial charge in [0.1, 0.15) is 12.1 Å². The van der Waals surface area contributed by atoms with Gasteiger partial charge in [-0.15, -0.1) is 0 Å². The van der Waals surface area contributed by atoms with Gasteiger partial charge in [-0.25, -0.2) is 9.97 Å². The number of nitrogens with zero attached hydrogens (tertiary/aromatic N) is 4. The van der Waals surface area contributed by atoms with Crippen LogP contribution in [0, 0.1) is 5.92 Å². The zero-order valence-electron chi connectivity index (χ0n) is 15.2. The molecule has 136 valence electrons. The molecular formula is C20H25N5O. The van der Waals surface area contributed by atoms with Crippen molar-refractivity contribution in [3.63, 3.8) is 0 Å². The molecule has 2 aromatic rings. The van der Waals surface area contributed by atoms with Crippen LogP contribution in [0.15, 0.2) is 30.9 Å². The van der Waals surface area contributed by atoms with Gasteiger partial charge in [-0.1, -0.05) is 6.07 Å². The molecule has 6 heteroatoms. The Morgan fingerprint density at radius 1 is 1.31 bits per heavy atom. The van der Waals surface area contributed by atoms with Crippen LogP contribution in [0.1, 0.15) is 36.6 Å². The fourth-order valence-corrected chi connectivity index (χ4v) is 3.62. The molecule has 4 rings (SSSR count). The van der Waals surface area contributed by atoms with E-state index in [0.29, 0.717) is 25.6 Å². The highest BCUT2D eigenvalue weighted by Crippen LogP contribution is 2.34. The summed E-state index contributed by atoms with van der Waals surface area (Å²) in [7, 11) is 0. The molecule has 0 unspecified atom stereocenters. The average Bonchev–Trinajstić information content (AvgIpc) is 3.49. The normalized spacial score (nSPS) is 18.0. The van der Waals surface area contributed by atoms with Gasteiger partial charge >= 0.3 is 0 Å². The Balaban J connectivity index is 1.44. The van der Waals surface area contributed by atoms with Crippen LogP contribution >= 0.6 is 0 Å². The van der Waals surface area contributed by atoms with Crippen molar-refractivity contribution in [1.82, 2.24) is 19.9 Å². The molecule has 0 aromatic carbocycles. The lowest BCUT2D eigenvalue weighted by molar-refractivity contribution is -0.130. The molecule has 0 bridgehead atoms. The van der Waals surface area contributed by atoms with Crippen molar-refractivity contribution >= 4 is 11.7 Å². The van der Waals surface area contributed by atoms with E-state index in [1.165, 1.54) is 18.4 Å². The number of pyridine rings is 1. The van der Waals surface area contributed by atoms with Crippen LogP contribution in [0.2, 0.25) is 0 Å². The quantitative estimate of drug-likeness (QED) is 0.895. The lowest BCUT2D eigenvalue weighted by Crippen LogP contribution is -2.34. The summed E-state index contributed by atoms with van der Waals surface area (Å²) in [4.78, 5) is 27.7. The number of hydrogen-bond donors (Lipinski definition) is 1. The second-order valence-corrected chi connectivity index (χ2v) is 7.34. The zero-order valence-corrected chi connectivity index (χ0v) is 15.2. The summed E-state index contributed by atoms with van der Waals surface area (Å²) in [5, 5.41) is 3.58. The third-order valence-electron chi connectivity index (χ3n) is 5.41. The maximum absolute atomic E-state index is 12.7. The van der Waals surface area contributed by atoms with Crippen LogP contribution in [-0.4, -0.2) is 44.9 Å². The van der Waals surface area contributed by atoms with Gasteiger partial charge in [0.2, 0.25) is 5.91 Å². The largest absolute Gasteiger partial charge is 0.367 e. The predicted octanol–water partition coefficient (Wildman–Crippen LogP) is 2.25. The molecule has 0 spiro atoms. The van der Waals surface area contributed by atoms with E-state index >= 15 is 0 Å². The van der Waals surface area contributed by atoms with Crippen molar-refractivity contribution in [2.75, 3.05) is 18.4 Å². The highest BCUT2D eigenvalue weighted by molar-refractivity contribution is 5.78. The molecule has 3 heterocycles. The second-order valence-electron chi connectivity index (χ2n) is 7.34. The minimum Gasteiger partial charge on any atom is -0.367 e. The van der Waals surface area contributed by atoms with Crippen molar-refractivity contribution in [3.05, 3.63) is 47.7 Å². The van der Waals surface area contributed by atoms with Gasteiger partial charge in [-0.2, -0.15) is 0 Å². The van der Waals surface area contributed by atoms with Gasteiger partial charge < -0.3 is 10.2 Å². The Morgan fingerprint density at radius 3 is 2.92 bits per heavy atom. The number of carbonyl (C=O) groups is 1. The first-order valence-corrected chi connectivity index (χ1v) is 9.46. The highest BCUT2D eigenvalue weighted by Gasteiger charge is 2.29. The fraction of sp³-hybridized carbons (Fsp3) is 0.500. The van der Waals surface area contributed by atoms with Gasteiger partial charge in [-0.3, -0.25) is 9.78 Å². The summed E-state index contributed by atoms with van der Waals surface area (Å²) in [5.74, 6) is 1.87. The van der Waals surface area contributed by atoms with Crippen LogP contribution < -0.4 is 5.32 Å². The SMILES string of the molecule is C[C@@H](Nc1ncnc2c1CCN(C(=O)Cc1cccnc1)CC2)C1CC1. The van der Waals surface area contributed by atoms with Gasteiger partial charge in [0.25, 0.3) is 0 Å². The summed E-state index contributed by atoms with van der Waals surface area (Å²) >= 11 is 0. The third kappa shape index (κ3) is 3.84. The van der Waals surface area contributed by atoms with Crippen molar-refractivity contribution in [1.29, 1.82) is 0 Å². The Morgan fingerprint density at radius 2 is 2.15 bits per heavy atom. The maximum Gasteiger partial charge on any atom is 0.227 e. The van der Waals surface area contributed by atoms with E-state index in [9.17, 15) is 4.79 Å². The monoisotopic (exact) mass is 351 g/mol. The first-order valence-electron chi connectivity index (χ1n) is 9.46. The second kappa shape index (κ2) is 7.40. The van der Waals surface area contributed by atoms with Crippen LogP contribution in [0.5, 0.6) is 0 Å². The van der Waals surface area contributed by atoms with Gasteiger partial charge in [0, 0.05) is 43.5 Å². The molecule has 1 amide bonds. The van der Waals surface area contributed by atoms with Crippen LogP contribution in [-0.2, 0) is 24.1 Å². The molecule has 0 saturated heterocycles. The summed E-state index contributed by atoms with van der Waals surface area (Å²) in [6, 6.07) is 4.26. The fourth-order valence-electron chi connectivity index (χ4n) is 3.62. The Hall–Kier alpha value is -2.50. The summed E-state index contributed by atoms with van der Waals surface area (Å²) < 4.78 is 0. The molecule has 1 atom stereocenters. The number of nitrogens with one attached hydrogen (secondary N) is 1. The maximum atomic E-state index is 12.7. The molecule has 2 aromatic heterocycles. The van der Waals surface area contributed by atoms with Crippen LogP contribution in [0.25, 0.3) is 0 Å². The molecule has 1 aliphatic carbocycles. The Bertz CT molecular complexity index is 775. The van der Waals surface area contributed by atoms with E-state index < -0.39 is 0 Å². The van der Waals surface area contributed by atoms with E-state index in [1.807, 2.05) is 17.0 Å². The Kier molecular flexibility index (Phi) is 4.82. The summed E-state index contributed by atoms with van der Waals surface area (Å²) in [6.07, 6.45) is 9.73. The smallest absolute Gasteiger partial charge is 0.227 e. The molecule has 2 aliphatic rings. The molecular weight excluding hydrogens is 326 g/mol. The number of anilines is 1. The van der Waals surface area contributed by atoms with E-state index in [4.69, 9.17) is 0 Å². The molecule has 1 aliphatic heterocycles. The standard InChI is InChI=1S/C20H25N5O/c1-14(16-4-5-16)24-20-17-6-9-25(10-7-18(17)22-13-23-20)19(26)11-15-3-2-8-21-12-15/h2-3,8,12-14,16H,4-7,9-11H2,1H3,(H,22,23,24)/t14-/m1/s1. The summed E-state index contributed by atoms with van der Waals surface area (Å²) in [5.41, 5.74) is 3.21. The van der Waals surface area contributed by atoms with Gasteiger partial charge in [0.05, 0.1) is 12.1 Å². The van der Waals surface area contributed by atoms with Crippen LogP contribution in [0.3, 0.4) is 0 Å². The molecule has 0 radical (unpaired) electrons. The molecule has 1 saturated carbocycles.